The zero-order valence-electron chi connectivity index (χ0n) is 22.1. The van der Waals surface area contributed by atoms with Gasteiger partial charge in [0.2, 0.25) is 0 Å². The summed E-state index contributed by atoms with van der Waals surface area (Å²) in [6, 6.07) is 12.9. The molecule has 6 rings (SSSR count). The monoisotopic (exact) mass is 564 g/mol. The molecule has 1 fully saturated rings. The highest BCUT2D eigenvalue weighted by atomic mass is 35.5. The smallest absolute Gasteiger partial charge is 0.253 e. The number of ether oxygens (including phenoxy) is 1. The van der Waals surface area contributed by atoms with Crippen LogP contribution in [0, 0.1) is 0 Å². The van der Waals surface area contributed by atoms with Gasteiger partial charge in [-0.15, -0.1) is 0 Å². The van der Waals surface area contributed by atoms with Gasteiger partial charge < -0.3 is 14.6 Å². The van der Waals surface area contributed by atoms with Crippen LogP contribution in [0.25, 0.3) is 6.08 Å². The maximum atomic E-state index is 13.5. The van der Waals surface area contributed by atoms with Crippen LogP contribution in [-0.4, -0.2) is 50.4 Å². The van der Waals surface area contributed by atoms with E-state index in [0.717, 1.165) is 54.9 Å². The van der Waals surface area contributed by atoms with Gasteiger partial charge in [-0.05, 0) is 74.1 Å². The number of allylic oxidation sites excluding steroid dienone is 1. The molecule has 0 bridgehead atoms. The van der Waals surface area contributed by atoms with Crippen LogP contribution < -0.4 is 9.04 Å². The number of fused-ring (bicyclic) bond motifs is 2. The molecular formula is C30H33ClN4O3S. The lowest BCUT2D eigenvalue weighted by atomic mass is 9.95. The summed E-state index contributed by atoms with van der Waals surface area (Å²) in [5, 5.41) is 0.657. The Bertz CT molecular complexity index is 1410. The predicted octanol–water partition coefficient (Wildman–Crippen LogP) is 6.06. The van der Waals surface area contributed by atoms with Crippen LogP contribution in [-0.2, 0) is 17.4 Å². The summed E-state index contributed by atoms with van der Waals surface area (Å²) in [7, 11) is -1.23. The SMILES string of the molecule is CCCS(=O)N1c2ccc(C(=O)N3CCC(c4nc5c([nH]4)CCC=C5)CC3)cc2OCC1c1ccc(Cl)cc1. The van der Waals surface area contributed by atoms with Gasteiger partial charge in [-0.3, -0.25) is 9.10 Å². The van der Waals surface area contributed by atoms with Crippen LogP contribution in [0.1, 0.15) is 77.7 Å². The molecule has 3 aliphatic rings. The molecule has 1 aliphatic carbocycles. The van der Waals surface area contributed by atoms with Crippen molar-refractivity contribution in [1.29, 1.82) is 0 Å². The molecule has 0 saturated carbocycles. The van der Waals surface area contributed by atoms with Gasteiger partial charge in [0, 0.05) is 41.0 Å². The Hall–Kier alpha value is -3.10. The summed E-state index contributed by atoms with van der Waals surface area (Å²) in [4.78, 5) is 23.8. The van der Waals surface area contributed by atoms with Gasteiger partial charge >= 0.3 is 0 Å². The Morgan fingerprint density at radius 3 is 2.72 bits per heavy atom. The lowest BCUT2D eigenvalue weighted by Crippen LogP contribution is -2.40. The molecule has 9 heteroatoms. The van der Waals surface area contributed by atoms with Crippen molar-refractivity contribution < 1.29 is 13.7 Å². The highest BCUT2D eigenvalue weighted by Crippen LogP contribution is 2.42. The second-order valence-corrected chi connectivity index (χ2v) is 12.3. The molecule has 2 atom stereocenters. The van der Waals surface area contributed by atoms with Crippen molar-refractivity contribution in [2.75, 3.05) is 29.8 Å². The first kappa shape index (κ1) is 26.1. The van der Waals surface area contributed by atoms with E-state index in [-0.39, 0.29) is 11.9 Å². The molecule has 1 saturated heterocycles. The fourth-order valence-electron chi connectivity index (χ4n) is 5.72. The van der Waals surface area contributed by atoms with Crippen molar-refractivity contribution in [2.24, 2.45) is 0 Å². The molecular weight excluding hydrogens is 532 g/mol. The van der Waals surface area contributed by atoms with Gasteiger partial charge in [0.05, 0.1) is 11.4 Å². The number of carbonyl (C=O) groups is 1. The number of nitrogens with zero attached hydrogens (tertiary/aromatic N) is 3. The Morgan fingerprint density at radius 1 is 1.18 bits per heavy atom. The first-order valence-electron chi connectivity index (χ1n) is 13.8. The van der Waals surface area contributed by atoms with Crippen molar-refractivity contribution >= 4 is 40.3 Å². The number of hydrogen-bond acceptors (Lipinski definition) is 4. The number of H-pyrrole nitrogens is 1. The molecule has 0 spiro atoms. The first-order valence-corrected chi connectivity index (χ1v) is 15.4. The average Bonchev–Trinajstić information content (AvgIpc) is 3.41. The number of amides is 1. The number of aromatic nitrogens is 2. The van der Waals surface area contributed by atoms with Crippen molar-refractivity contribution in [2.45, 2.75) is 51.0 Å². The molecule has 204 valence electrons. The third-order valence-electron chi connectivity index (χ3n) is 7.81. The van der Waals surface area contributed by atoms with E-state index in [1.807, 2.05) is 58.6 Å². The van der Waals surface area contributed by atoms with Crippen molar-refractivity contribution in [3.8, 4) is 5.75 Å². The van der Waals surface area contributed by atoms with E-state index >= 15 is 0 Å². The molecule has 3 heterocycles. The Morgan fingerprint density at radius 2 is 1.97 bits per heavy atom. The van der Waals surface area contributed by atoms with Crippen LogP contribution in [0.4, 0.5) is 5.69 Å². The standard InChI is InChI=1S/C30H33ClN4O3S/c1-2-17-39(37)35-26-12-9-22(18-28(26)38-19-27(35)20-7-10-23(31)11-8-20)30(36)34-15-13-21(14-16-34)29-32-24-5-3-4-6-25(24)33-29/h3,5,7-12,18,21,27H,2,4,6,13-17,19H2,1H3,(H,32,33). The largest absolute Gasteiger partial charge is 0.489 e. The number of imidazole rings is 1. The maximum absolute atomic E-state index is 13.5. The lowest BCUT2D eigenvalue weighted by molar-refractivity contribution is 0.0710. The highest BCUT2D eigenvalue weighted by molar-refractivity contribution is 7.86. The minimum absolute atomic E-state index is 0.00239. The van der Waals surface area contributed by atoms with Gasteiger partial charge in [-0.1, -0.05) is 36.7 Å². The summed E-state index contributed by atoms with van der Waals surface area (Å²) in [6.45, 7) is 3.75. The molecule has 2 unspecified atom stereocenters. The van der Waals surface area contributed by atoms with Crippen molar-refractivity contribution in [3.05, 3.63) is 81.9 Å². The minimum atomic E-state index is -1.23. The summed E-state index contributed by atoms with van der Waals surface area (Å²) >= 11 is 6.10. The van der Waals surface area contributed by atoms with E-state index in [1.54, 1.807) is 0 Å². The lowest BCUT2D eigenvalue weighted by Gasteiger charge is -2.38. The second kappa shape index (κ2) is 11.2. The number of carbonyl (C=O) groups excluding carboxylic acids is 1. The number of benzene rings is 2. The van der Waals surface area contributed by atoms with E-state index in [2.05, 4.69) is 17.1 Å². The molecule has 1 N–H and O–H groups in total. The maximum Gasteiger partial charge on any atom is 0.253 e. The fourth-order valence-corrected chi connectivity index (χ4v) is 7.23. The summed E-state index contributed by atoms with van der Waals surface area (Å²) in [6.07, 6.45) is 8.92. The first-order chi connectivity index (χ1) is 19.0. The van der Waals surface area contributed by atoms with Gasteiger partial charge in [-0.25, -0.2) is 9.19 Å². The van der Waals surface area contributed by atoms with Crippen LogP contribution in [0.2, 0.25) is 5.02 Å². The molecule has 2 aromatic carbocycles. The number of aromatic amines is 1. The Labute approximate surface area is 236 Å². The van der Waals surface area contributed by atoms with E-state index in [1.165, 1.54) is 5.69 Å². The number of anilines is 1. The number of hydrogen-bond donors (Lipinski definition) is 1. The summed E-state index contributed by atoms with van der Waals surface area (Å²) in [5.41, 5.74) is 4.63. The van der Waals surface area contributed by atoms with Crippen LogP contribution >= 0.6 is 11.6 Å². The molecule has 1 amide bonds. The summed E-state index contributed by atoms with van der Waals surface area (Å²) < 4.78 is 21.5. The molecule has 1 aromatic heterocycles. The molecule has 2 aliphatic heterocycles. The number of piperidine rings is 1. The molecule has 3 aromatic rings. The van der Waals surface area contributed by atoms with Crippen LogP contribution in [0.3, 0.4) is 0 Å². The zero-order valence-corrected chi connectivity index (χ0v) is 23.6. The van der Waals surface area contributed by atoms with Gasteiger partial charge in [0.25, 0.3) is 5.91 Å². The van der Waals surface area contributed by atoms with Gasteiger partial charge in [0.1, 0.15) is 35.2 Å². The van der Waals surface area contributed by atoms with E-state index < -0.39 is 11.0 Å². The third kappa shape index (κ3) is 5.24. The number of nitrogens with one attached hydrogen (secondary N) is 1. The molecule has 39 heavy (non-hydrogen) atoms. The zero-order chi connectivity index (χ0) is 26.9. The predicted molar refractivity (Wildman–Crippen MR) is 156 cm³/mol. The Kier molecular flexibility index (Phi) is 7.49. The van der Waals surface area contributed by atoms with Gasteiger partial charge in [-0.2, -0.15) is 0 Å². The van der Waals surface area contributed by atoms with Crippen molar-refractivity contribution in [1.82, 2.24) is 14.9 Å². The van der Waals surface area contributed by atoms with E-state index in [4.69, 9.17) is 21.3 Å². The quantitative estimate of drug-likeness (QED) is 0.395. The topological polar surface area (TPSA) is 78.5 Å². The fraction of sp³-hybridized carbons (Fsp3) is 0.400. The average molecular weight is 565 g/mol. The number of halogens is 1. The van der Waals surface area contributed by atoms with Gasteiger partial charge in [0.15, 0.2) is 0 Å². The normalized spacial score (nSPS) is 19.8. The Balaban J connectivity index is 1.18. The highest BCUT2D eigenvalue weighted by Gasteiger charge is 2.34. The van der Waals surface area contributed by atoms with Crippen LogP contribution in [0.15, 0.2) is 48.5 Å². The van der Waals surface area contributed by atoms with E-state index in [0.29, 0.717) is 47.7 Å². The summed E-state index contributed by atoms with van der Waals surface area (Å²) in [5.74, 6) is 2.54. The second-order valence-electron chi connectivity index (χ2n) is 10.4. The van der Waals surface area contributed by atoms with E-state index in [9.17, 15) is 9.00 Å². The number of likely N-dealkylation sites (tertiary alicyclic amines) is 1. The minimum Gasteiger partial charge on any atom is -0.489 e. The third-order valence-corrected chi connectivity index (χ3v) is 9.71. The van der Waals surface area contributed by atoms with Crippen LogP contribution in [0.5, 0.6) is 5.75 Å². The number of aryl methyl sites for hydroxylation is 1. The van der Waals surface area contributed by atoms with Crippen molar-refractivity contribution in [3.63, 3.8) is 0 Å². The molecule has 0 radical (unpaired) electrons. The molecule has 7 nitrogen and oxygen atoms in total. The number of rotatable bonds is 6.